The normalized spacial score (nSPS) is 12.1. The Bertz CT molecular complexity index is 630. The number of benzene rings is 2. The molecule has 2 rings (SSSR count). The Balaban J connectivity index is 1.65. The van der Waals surface area contributed by atoms with Crippen molar-refractivity contribution >= 4 is 0 Å². The van der Waals surface area contributed by atoms with Crippen molar-refractivity contribution in [1.29, 1.82) is 0 Å². The lowest BCUT2D eigenvalue weighted by Crippen LogP contribution is -1.97. The van der Waals surface area contributed by atoms with Gasteiger partial charge in [-0.25, -0.2) is 0 Å². The molecule has 0 radical (unpaired) electrons. The Kier molecular flexibility index (Phi) is 10.8. The summed E-state index contributed by atoms with van der Waals surface area (Å²) in [6.07, 6.45) is 12.2. The fourth-order valence-corrected chi connectivity index (χ4v) is 3.43. The molecule has 154 valence electrons. The molecular formula is C26H38O2. The highest BCUT2D eigenvalue weighted by Crippen LogP contribution is 2.25. The molecule has 0 bridgehead atoms. The summed E-state index contributed by atoms with van der Waals surface area (Å²) in [5.41, 5.74) is 3.64. The minimum Gasteiger partial charge on any atom is -0.494 e. The predicted octanol–water partition coefficient (Wildman–Crippen LogP) is 7.97. The lowest BCUT2D eigenvalue weighted by atomic mass is 10.0. The number of hydrogen-bond acceptors (Lipinski definition) is 2. The van der Waals surface area contributed by atoms with E-state index in [0.29, 0.717) is 0 Å². The van der Waals surface area contributed by atoms with Gasteiger partial charge >= 0.3 is 0 Å². The Morgan fingerprint density at radius 3 is 1.71 bits per heavy atom. The number of hydrogen-bond donors (Lipinski definition) is 0. The molecule has 0 aliphatic heterocycles. The van der Waals surface area contributed by atoms with Gasteiger partial charge in [0, 0.05) is 7.11 Å². The third kappa shape index (κ3) is 8.06. The highest BCUT2D eigenvalue weighted by Gasteiger charge is 2.04. The van der Waals surface area contributed by atoms with Crippen molar-refractivity contribution in [3.63, 3.8) is 0 Å². The lowest BCUT2D eigenvalue weighted by Gasteiger charge is -2.11. The van der Waals surface area contributed by atoms with Crippen LogP contribution in [0, 0.1) is 0 Å². The van der Waals surface area contributed by atoms with Crippen molar-refractivity contribution in [3.8, 4) is 16.9 Å². The highest BCUT2D eigenvalue weighted by molar-refractivity contribution is 5.64. The van der Waals surface area contributed by atoms with Gasteiger partial charge < -0.3 is 9.47 Å². The molecule has 2 heteroatoms. The van der Waals surface area contributed by atoms with Crippen molar-refractivity contribution in [1.82, 2.24) is 0 Å². The van der Waals surface area contributed by atoms with E-state index in [0.717, 1.165) is 18.8 Å². The van der Waals surface area contributed by atoms with Gasteiger partial charge in [-0.1, -0.05) is 94.7 Å². The Labute approximate surface area is 172 Å². The quantitative estimate of drug-likeness (QED) is 0.308. The number of unbranched alkanes of at least 4 members (excludes halogenated alkanes) is 8. The van der Waals surface area contributed by atoms with Crippen LogP contribution in [0.15, 0.2) is 48.5 Å². The van der Waals surface area contributed by atoms with Gasteiger partial charge in [-0.2, -0.15) is 0 Å². The fraction of sp³-hybridized carbons (Fsp3) is 0.538. The van der Waals surface area contributed by atoms with Crippen LogP contribution in [0.2, 0.25) is 0 Å². The third-order valence-corrected chi connectivity index (χ3v) is 5.44. The monoisotopic (exact) mass is 382 g/mol. The zero-order valence-corrected chi connectivity index (χ0v) is 18.1. The van der Waals surface area contributed by atoms with E-state index in [1.807, 2.05) is 0 Å². The molecule has 1 atom stereocenters. The number of ether oxygens (including phenoxy) is 2. The van der Waals surface area contributed by atoms with Gasteiger partial charge in [0.2, 0.25) is 0 Å². The summed E-state index contributed by atoms with van der Waals surface area (Å²) in [6, 6.07) is 17.0. The van der Waals surface area contributed by atoms with E-state index >= 15 is 0 Å². The van der Waals surface area contributed by atoms with Crippen LogP contribution in [-0.4, -0.2) is 13.7 Å². The largest absolute Gasteiger partial charge is 0.494 e. The molecule has 0 saturated carbocycles. The summed E-state index contributed by atoms with van der Waals surface area (Å²) in [6.45, 7) is 5.15. The Morgan fingerprint density at radius 1 is 0.679 bits per heavy atom. The standard InChI is InChI=1S/C26H38O2/c1-4-5-6-7-8-9-10-11-12-21-28-26-19-17-25(18-20-26)24-15-13-23(14-16-24)22(2)27-3/h13-20,22H,4-12,21H2,1-3H3. The number of methoxy groups -OCH3 is 1. The summed E-state index contributed by atoms with van der Waals surface area (Å²) in [4.78, 5) is 0. The molecule has 2 nitrogen and oxygen atoms in total. The third-order valence-electron chi connectivity index (χ3n) is 5.44. The summed E-state index contributed by atoms with van der Waals surface area (Å²) >= 11 is 0. The van der Waals surface area contributed by atoms with Crippen LogP contribution in [-0.2, 0) is 4.74 Å². The molecule has 28 heavy (non-hydrogen) atoms. The summed E-state index contributed by atoms with van der Waals surface area (Å²) < 4.78 is 11.3. The van der Waals surface area contributed by atoms with Gasteiger partial charge in [-0.05, 0) is 42.2 Å². The first-order chi connectivity index (χ1) is 13.7. The molecule has 0 aliphatic carbocycles. The smallest absolute Gasteiger partial charge is 0.119 e. The van der Waals surface area contributed by atoms with Crippen LogP contribution in [0.4, 0.5) is 0 Å². The van der Waals surface area contributed by atoms with Gasteiger partial charge in [0.15, 0.2) is 0 Å². The maximum Gasteiger partial charge on any atom is 0.119 e. The zero-order chi connectivity index (χ0) is 20.0. The van der Waals surface area contributed by atoms with Gasteiger partial charge in [0.25, 0.3) is 0 Å². The molecular weight excluding hydrogens is 344 g/mol. The zero-order valence-electron chi connectivity index (χ0n) is 18.1. The molecule has 2 aromatic rings. The second-order valence-corrected chi connectivity index (χ2v) is 7.70. The van der Waals surface area contributed by atoms with Crippen LogP contribution in [0.5, 0.6) is 5.75 Å². The van der Waals surface area contributed by atoms with E-state index in [-0.39, 0.29) is 6.10 Å². The van der Waals surface area contributed by atoms with Gasteiger partial charge in [0.05, 0.1) is 12.7 Å². The Morgan fingerprint density at radius 2 is 1.18 bits per heavy atom. The SMILES string of the molecule is CCCCCCCCCCCOc1ccc(-c2ccc(C(C)OC)cc2)cc1. The molecule has 0 aliphatic rings. The van der Waals surface area contributed by atoms with Crippen molar-refractivity contribution in [2.24, 2.45) is 0 Å². The van der Waals surface area contributed by atoms with Crippen molar-refractivity contribution in [2.45, 2.75) is 77.7 Å². The van der Waals surface area contributed by atoms with Crippen molar-refractivity contribution < 1.29 is 9.47 Å². The summed E-state index contributed by atoms with van der Waals surface area (Å²) in [5.74, 6) is 0.966. The second-order valence-electron chi connectivity index (χ2n) is 7.70. The van der Waals surface area contributed by atoms with Crippen molar-refractivity contribution in [3.05, 3.63) is 54.1 Å². The van der Waals surface area contributed by atoms with Gasteiger partial charge in [-0.3, -0.25) is 0 Å². The molecule has 0 amide bonds. The lowest BCUT2D eigenvalue weighted by molar-refractivity contribution is 0.119. The molecule has 0 N–H and O–H groups in total. The van der Waals surface area contributed by atoms with E-state index in [1.54, 1.807) is 7.11 Å². The Hall–Kier alpha value is -1.80. The molecule has 0 spiro atoms. The maximum atomic E-state index is 5.91. The molecule has 1 unspecified atom stereocenters. The number of rotatable bonds is 14. The minimum atomic E-state index is 0.130. The summed E-state index contributed by atoms with van der Waals surface area (Å²) in [7, 11) is 1.74. The van der Waals surface area contributed by atoms with E-state index in [2.05, 4.69) is 62.4 Å². The molecule has 0 fully saturated rings. The van der Waals surface area contributed by atoms with E-state index in [1.165, 1.54) is 68.1 Å². The van der Waals surface area contributed by atoms with E-state index in [4.69, 9.17) is 9.47 Å². The van der Waals surface area contributed by atoms with Crippen LogP contribution >= 0.6 is 0 Å². The predicted molar refractivity (Wildman–Crippen MR) is 120 cm³/mol. The topological polar surface area (TPSA) is 18.5 Å². The first-order valence-corrected chi connectivity index (χ1v) is 11.1. The first-order valence-electron chi connectivity index (χ1n) is 11.1. The molecule has 0 heterocycles. The fourth-order valence-electron chi connectivity index (χ4n) is 3.43. The van der Waals surface area contributed by atoms with Gasteiger partial charge in [-0.15, -0.1) is 0 Å². The molecule has 0 saturated heterocycles. The highest BCUT2D eigenvalue weighted by atomic mass is 16.5. The van der Waals surface area contributed by atoms with Crippen LogP contribution < -0.4 is 4.74 Å². The van der Waals surface area contributed by atoms with Crippen LogP contribution in [0.25, 0.3) is 11.1 Å². The van der Waals surface area contributed by atoms with Crippen LogP contribution in [0.1, 0.15) is 83.3 Å². The van der Waals surface area contributed by atoms with Crippen molar-refractivity contribution in [2.75, 3.05) is 13.7 Å². The van der Waals surface area contributed by atoms with Crippen LogP contribution in [0.3, 0.4) is 0 Å². The van der Waals surface area contributed by atoms with E-state index < -0.39 is 0 Å². The van der Waals surface area contributed by atoms with E-state index in [9.17, 15) is 0 Å². The second kappa shape index (κ2) is 13.4. The van der Waals surface area contributed by atoms with Gasteiger partial charge in [0.1, 0.15) is 5.75 Å². The molecule has 0 aromatic heterocycles. The minimum absolute atomic E-state index is 0.130. The average Bonchev–Trinajstić information content (AvgIpc) is 2.75. The maximum absolute atomic E-state index is 5.91. The average molecular weight is 383 g/mol. The summed E-state index contributed by atoms with van der Waals surface area (Å²) in [5, 5.41) is 0. The molecule has 2 aromatic carbocycles. The first kappa shape index (κ1) is 22.5.